The lowest BCUT2D eigenvalue weighted by molar-refractivity contribution is 0.143. The molecule has 3 nitrogen and oxygen atoms in total. The molecule has 3 unspecified atom stereocenters. The molecule has 0 bridgehead atoms. The van der Waals surface area contributed by atoms with Gasteiger partial charge in [-0.25, -0.2) is 4.98 Å². The van der Waals surface area contributed by atoms with Crippen LogP contribution in [0.25, 0.3) is 0 Å². The van der Waals surface area contributed by atoms with Crippen molar-refractivity contribution < 1.29 is 0 Å². The Morgan fingerprint density at radius 3 is 2.83 bits per heavy atom. The molecule has 0 aromatic carbocycles. The van der Waals surface area contributed by atoms with E-state index in [2.05, 4.69) is 21.9 Å². The summed E-state index contributed by atoms with van der Waals surface area (Å²) in [5, 5.41) is 3.71. The van der Waals surface area contributed by atoms with Gasteiger partial charge in [-0.1, -0.05) is 25.7 Å². The van der Waals surface area contributed by atoms with Crippen LogP contribution in [0, 0.1) is 11.8 Å². The molecule has 100 valence electrons. The highest BCUT2D eigenvalue weighted by Gasteiger charge is 2.31. The van der Waals surface area contributed by atoms with E-state index in [0.717, 1.165) is 30.2 Å². The Kier molecular flexibility index (Phi) is 3.69. The summed E-state index contributed by atoms with van der Waals surface area (Å²) in [7, 11) is 2.07. The van der Waals surface area contributed by atoms with Crippen molar-refractivity contribution >= 4 is 0 Å². The Morgan fingerprint density at radius 1 is 1.22 bits per heavy atom. The van der Waals surface area contributed by atoms with Crippen LogP contribution in [0.5, 0.6) is 0 Å². The highest BCUT2D eigenvalue weighted by atomic mass is 15.1. The van der Waals surface area contributed by atoms with Crippen molar-refractivity contribution in [3.8, 4) is 0 Å². The van der Waals surface area contributed by atoms with Gasteiger partial charge in [0, 0.05) is 25.5 Å². The maximum Gasteiger partial charge on any atom is 0.122 e. The number of rotatable bonds is 3. The van der Waals surface area contributed by atoms with Crippen LogP contribution in [0.15, 0.2) is 12.4 Å². The zero-order valence-electron chi connectivity index (χ0n) is 11.4. The minimum Gasteiger partial charge on any atom is -0.337 e. The van der Waals surface area contributed by atoms with E-state index < -0.39 is 0 Å². The molecule has 2 aliphatic rings. The molecule has 0 radical (unpaired) electrons. The average molecular weight is 247 g/mol. The standard InChI is InChI=1S/C15H25N3/c1-18-9-8-16-15(18)11-17-14-7-6-12-4-2-3-5-13(12)10-14/h8-9,12-14,17H,2-7,10-11H2,1H3. The lowest BCUT2D eigenvalue weighted by Crippen LogP contribution is -2.38. The van der Waals surface area contributed by atoms with Gasteiger partial charge in [-0.05, 0) is 31.1 Å². The maximum absolute atomic E-state index is 4.38. The fourth-order valence-electron chi connectivity index (χ4n) is 3.86. The molecule has 2 aliphatic carbocycles. The maximum atomic E-state index is 4.38. The Hall–Kier alpha value is -0.830. The van der Waals surface area contributed by atoms with Crippen molar-refractivity contribution in [2.45, 2.75) is 57.5 Å². The van der Waals surface area contributed by atoms with E-state index in [9.17, 15) is 0 Å². The predicted octanol–water partition coefficient (Wildman–Crippen LogP) is 2.87. The quantitative estimate of drug-likeness (QED) is 0.890. The second kappa shape index (κ2) is 5.43. The summed E-state index contributed by atoms with van der Waals surface area (Å²) in [6.07, 6.45) is 14.0. The third-order valence-corrected chi connectivity index (χ3v) is 5.01. The summed E-state index contributed by atoms with van der Waals surface area (Å²) in [6, 6.07) is 0.723. The van der Waals surface area contributed by atoms with Crippen LogP contribution in [0.2, 0.25) is 0 Å². The van der Waals surface area contributed by atoms with E-state index in [0.29, 0.717) is 0 Å². The van der Waals surface area contributed by atoms with E-state index >= 15 is 0 Å². The molecule has 2 saturated carbocycles. The molecular weight excluding hydrogens is 222 g/mol. The lowest BCUT2D eigenvalue weighted by atomic mass is 9.69. The number of nitrogens with zero attached hydrogens (tertiary/aromatic N) is 2. The van der Waals surface area contributed by atoms with Crippen LogP contribution in [0.1, 0.15) is 50.8 Å². The number of hydrogen-bond donors (Lipinski definition) is 1. The number of aryl methyl sites for hydroxylation is 1. The minimum atomic E-state index is 0.723. The summed E-state index contributed by atoms with van der Waals surface area (Å²) in [6.45, 7) is 0.922. The monoisotopic (exact) mass is 247 g/mol. The lowest BCUT2D eigenvalue weighted by Gasteiger charge is -2.39. The smallest absolute Gasteiger partial charge is 0.122 e. The van der Waals surface area contributed by atoms with Gasteiger partial charge in [-0.15, -0.1) is 0 Å². The number of nitrogens with one attached hydrogen (secondary N) is 1. The Balaban J connectivity index is 1.50. The van der Waals surface area contributed by atoms with Crippen LogP contribution in [0.4, 0.5) is 0 Å². The second-order valence-corrected chi connectivity index (χ2v) is 6.15. The Bertz CT molecular complexity index is 385. The molecule has 3 atom stereocenters. The largest absolute Gasteiger partial charge is 0.337 e. The molecule has 18 heavy (non-hydrogen) atoms. The molecule has 3 rings (SSSR count). The normalized spacial score (nSPS) is 32.2. The van der Waals surface area contributed by atoms with Crippen molar-refractivity contribution in [2.24, 2.45) is 18.9 Å². The van der Waals surface area contributed by atoms with Gasteiger partial charge in [0.1, 0.15) is 5.82 Å². The second-order valence-electron chi connectivity index (χ2n) is 6.15. The molecule has 1 N–H and O–H groups in total. The molecule has 1 aromatic rings. The first-order valence-corrected chi connectivity index (χ1v) is 7.52. The molecule has 0 aliphatic heterocycles. The summed E-state index contributed by atoms with van der Waals surface area (Å²) in [4.78, 5) is 4.38. The zero-order valence-corrected chi connectivity index (χ0v) is 11.4. The molecule has 0 spiro atoms. The molecular formula is C15H25N3. The minimum absolute atomic E-state index is 0.723. The molecule has 2 fully saturated rings. The highest BCUT2D eigenvalue weighted by molar-refractivity contribution is 4.92. The van der Waals surface area contributed by atoms with Crippen molar-refractivity contribution in [1.29, 1.82) is 0 Å². The number of fused-ring (bicyclic) bond motifs is 1. The fraction of sp³-hybridized carbons (Fsp3) is 0.800. The molecule has 1 aromatic heterocycles. The molecule has 0 saturated heterocycles. The SMILES string of the molecule is Cn1ccnc1CNC1CCC2CCCCC2C1. The van der Waals surface area contributed by atoms with Crippen molar-refractivity contribution in [3.63, 3.8) is 0 Å². The zero-order chi connectivity index (χ0) is 12.4. The molecule has 0 amide bonds. The van der Waals surface area contributed by atoms with Crippen LogP contribution >= 0.6 is 0 Å². The van der Waals surface area contributed by atoms with Gasteiger partial charge >= 0.3 is 0 Å². The van der Waals surface area contributed by atoms with Crippen LogP contribution in [-0.4, -0.2) is 15.6 Å². The molecule has 3 heteroatoms. The first-order chi connectivity index (χ1) is 8.83. The third kappa shape index (κ3) is 2.61. The van der Waals surface area contributed by atoms with Gasteiger partial charge in [0.15, 0.2) is 0 Å². The van der Waals surface area contributed by atoms with E-state index in [-0.39, 0.29) is 0 Å². The van der Waals surface area contributed by atoms with Gasteiger partial charge < -0.3 is 9.88 Å². The fourth-order valence-corrected chi connectivity index (χ4v) is 3.86. The Morgan fingerprint density at radius 2 is 2.06 bits per heavy atom. The third-order valence-electron chi connectivity index (χ3n) is 5.01. The first-order valence-electron chi connectivity index (χ1n) is 7.52. The number of aromatic nitrogens is 2. The highest BCUT2D eigenvalue weighted by Crippen LogP contribution is 2.40. The van der Waals surface area contributed by atoms with Crippen molar-refractivity contribution in [3.05, 3.63) is 18.2 Å². The van der Waals surface area contributed by atoms with E-state index in [1.165, 1.54) is 44.9 Å². The number of imidazole rings is 1. The van der Waals surface area contributed by atoms with Gasteiger partial charge in [0.05, 0.1) is 6.54 Å². The summed E-state index contributed by atoms with van der Waals surface area (Å²) in [5.41, 5.74) is 0. The topological polar surface area (TPSA) is 29.9 Å². The first kappa shape index (κ1) is 12.2. The molecule has 1 heterocycles. The Labute approximate surface area is 110 Å². The summed E-state index contributed by atoms with van der Waals surface area (Å²) >= 11 is 0. The van der Waals surface area contributed by atoms with Gasteiger partial charge in [0.2, 0.25) is 0 Å². The van der Waals surface area contributed by atoms with Crippen molar-refractivity contribution in [1.82, 2.24) is 14.9 Å². The summed E-state index contributed by atoms with van der Waals surface area (Å²) in [5.74, 6) is 3.21. The van der Waals surface area contributed by atoms with E-state index in [1.54, 1.807) is 0 Å². The van der Waals surface area contributed by atoms with Gasteiger partial charge in [-0.3, -0.25) is 0 Å². The van der Waals surface area contributed by atoms with Crippen molar-refractivity contribution in [2.75, 3.05) is 0 Å². The van der Waals surface area contributed by atoms with Crippen LogP contribution in [-0.2, 0) is 13.6 Å². The van der Waals surface area contributed by atoms with Crippen LogP contribution in [0.3, 0.4) is 0 Å². The van der Waals surface area contributed by atoms with E-state index in [4.69, 9.17) is 0 Å². The van der Waals surface area contributed by atoms with E-state index in [1.807, 2.05) is 12.4 Å². The summed E-state index contributed by atoms with van der Waals surface area (Å²) < 4.78 is 2.11. The average Bonchev–Trinajstić information content (AvgIpc) is 2.82. The number of hydrogen-bond acceptors (Lipinski definition) is 2. The van der Waals surface area contributed by atoms with Gasteiger partial charge in [-0.2, -0.15) is 0 Å². The van der Waals surface area contributed by atoms with Gasteiger partial charge in [0.25, 0.3) is 0 Å². The van der Waals surface area contributed by atoms with Crippen LogP contribution < -0.4 is 5.32 Å². The predicted molar refractivity (Wildman–Crippen MR) is 73.1 cm³/mol.